The van der Waals surface area contributed by atoms with Crippen LogP contribution in [-0.4, -0.2) is 14.8 Å². The molecule has 1 atom stereocenters. The smallest absolute Gasteiger partial charge is 0.163 e. The standard InChI is InChI=1S/C15H16N4S/c1-11(13-6-7-20-9-13)17-14-5-3-4-12(8-14)15-18-16-10-19(15)2/h3-11,17H,1-2H3. The summed E-state index contributed by atoms with van der Waals surface area (Å²) in [5, 5.41) is 15.9. The maximum Gasteiger partial charge on any atom is 0.163 e. The lowest BCUT2D eigenvalue weighted by atomic mass is 10.1. The van der Waals surface area contributed by atoms with Gasteiger partial charge in [-0.3, -0.25) is 0 Å². The maximum absolute atomic E-state index is 4.14. The third kappa shape index (κ3) is 2.58. The van der Waals surface area contributed by atoms with Crippen LogP contribution in [0, 0.1) is 0 Å². The Labute approximate surface area is 122 Å². The predicted octanol–water partition coefficient (Wildman–Crippen LogP) is 3.72. The summed E-state index contributed by atoms with van der Waals surface area (Å²) in [6.07, 6.45) is 1.71. The van der Waals surface area contributed by atoms with Crippen LogP contribution in [0.15, 0.2) is 47.4 Å². The minimum atomic E-state index is 0.288. The molecule has 0 amide bonds. The Morgan fingerprint density at radius 3 is 2.90 bits per heavy atom. The molecule has 0 fully saturated rings. The summed E-state index contributed by atoms with van der Waals surface area (Å²) in [5.74, 6) is 0.872. The zero-order chi connectivity index (χ0) is 13.9. The molecule has 0 aliphatic heterocycles. The summed E-state index contributed by atoms with van der Waals surface area (Å²) in [5.41, 5.74) is 3.45. The number of nitrogens with zero attached hydrogens (tertiary/aromatic N) is 3. The Morgan fingerprint density at radius 1 is 1.30 bits per heavy atom. The van der Waals surface area contributed by atoms with Crippen LogP contribution >= 0.6 is 11.3 Å². The van der Waals surface area contributed by atoms with Gasteiger partial charge < -0.3 is 9.88 Å². The van der Waals surface area contributed by atoms with Gasteiger partial charge in [0.1, 0.15) is 6.33 Å². The molecular weight excluding hydrogens is 268 g/mol. The van der Waals surface area contributed by atoms with E-state index < -0.39 is 0 Å². The van der Waals surface area contributed by atoms with Crippen LogP contribution in [0.3, 0.4) is 0 Å². The van der Waals surface area contributed by atoms with Crippen molar-refractivity contribution < 1.29 is 0 Å². The topological polar surface area (TPSA) is 42.7 Å². The summed E-state index contributed by atoms with van der Waals surface area (Å²) in [6.45, 7) is 2.16. The summed E-state index contributed by atoms with van der Waals surface area (Å²) in [7, 11) is 1.95. The van der Waals surface area contributed by atoms with Crippen LogP contribution < -0.4 is 5.32 Å². The van der Waals surface area contributed by atoms with Crippen molar-refractivity contribution in [1.29, 1.82) is 0 Å². The molecule has 3 aromatic rings. The quantitative estimate of drug-likeness (QED) is 0.794. The number of aryl methyl sites for hydroxylation is 1. The van der Waals surface area contributed by atoms with Crippen LogP contribution in [0.4, 0.5) is 5.69 Å². The number of thiophene rings is 1. The van der Waals surface area contributed by atoms with Gasteiger partial charge in [0.05, 0.1) is 0 Å². The van der Waals surface area contributed by atoms with Gasteiger partial charge in [-0.2, -0.15) is 11.3 Å². The number of hydrogen-bond donors (Lipinski definition) is 1. The molecule has 1 aromatic carbocycles. The largest absolute Gasteiger partial charge is 0.378 e. The monoisotopic (exact) mass is 284 g/mol. The number of benzene rings is 1. The van der Waals surface area contributed by atoms with Gasteiger partial charge in [0.25, 0.3) is 0 Å². The summed E-state index contributed by atoms with van der Waals surface area (Å²) < 4.78 is 1.92. The molecule has 0 saturated heterocycles. The Morgan fingerprint density at radius 2 is 2.20 bits per heavy atom. The lowest BCUT2D eigenvalue weighted by Gasteiger charge is -2.14. The third-order valence-corrected chi connectivity index (χ3v) is 3.96. The molecule has 5 heteroatoms. The molecule has 1 unspecified atom stereocenters. The van der Waals surface area contributed by atoms with Crippen LogP contribution in [0.2, 0.25) is 0 Å². The van der Waals surface area contributed by atoms with E-state index in [2.05, 4.69) is 51.4 Å². The highest BCUT2D eigenvalue weighted by Crippen LogP contribution is 2.24. The van der Waals surface area contributed by atoms with Crippen molar-refractivity contribution in [3.63, 3.8) is 0 Å². The highest BCUT2D eigenvalue weighted by atomic mass is 32.1. The zero-order valence-electron chi connectivity index (χ0n) is 11.4. The Bertz CT molecular complexity index is 687. The summed E-state index contributed by atoms with van der Waals surface area (Å²) in [6, 6.07) is 10.7. The van der Waals surface area contributed by atoms with Gasteiger partial charge in [0.2, 0.25) is 0 Å². The van der Waals surface area contributed by atoms with Crippen LogP contribution in [0.1, 0.15) is 18.5 Å². The zero-order valence-corrected chi connectivity index (χ0v) is 12.3. The van der Waals surface area contributed by atoms with E-state index in [1.807, 2.05) is 23.7 Å². The van der Waals surface area contributed by atoms with Crippen molar-refractivity contribution in [3.05, 3.63) is 53.0 Å². The van der Waals surface area contributed by atoms with Gasteiger partial charge in [-0.25, -0.2) is 0 Å². The van der Waals surface area contributed by atoms with Gasteiger partial charge in [-0.15, -0.1) is 10.2 Å². The fourth-order valence-electron chi connectivity index (χ4n) is 2.15. The van der Waals surface area contributed by atoms with E-state index in [0.29, 0.717) is 0 Å². The van der Waals surface area contributed by atoms with Crippen molar-refractivity contribution in [2.24, 2.45) is 7.05 Å². The minimum absolute atomic E-state index is 0.288. The highest BCUT2D eigenvalue weighted by molar-refractivity contribution is 7.07. The normalized spacial score (nSPS) is 12.3. The molecule has 0 spiro atoms. The molecule has 4 nitrogen and oxygen atoms in total. The third-order valence-electron chi connectivity index (χ3n) is 3.26. The Hall–Kier alpha value is -2.14. The fraction of sp³-hybridized carbons (Fsp3) is 0.200. The Balaban J connectivity index is 1.83. The molecular formula is C15H16N4S. The van der Waals surface area contributed by atoms with Gasteiger partial charge in [0.15, 0.2) is 5.82 Å². The number of anilines is 1. The number of aromatic nitrogens is 3. The second kappa shape index (κ2) is 5.46. The maximum atomic E-state index is 4.14. The number of hydrogen-bond acceptors (Lipinski definition) is 4. The second-order valence-corrected chi connectivity index (χ2v) is 5.55. The van der Waals surface area contributed by atoms with Gasteiger partial charge in [-0.1, -0.05) is 12.1 Å². The van der Waals surface area contributed by atoms with Crippen molar-refractivity contribution in [3.8, 4) is 11.4 Å². The Kier molecular flexibility index (Phi) is 3.52. The molecule has 0 radical (unpaired) electrons. The van der Waals surface area contributed by atoms with Crippen molar-refractivity contribution >= 4 is 17.0 Å². The van der Waals surface area contributed by atoms with Crippen molar-refractivity contribution in [1.82, 2.24) is 14.8 Å². The van der Waals surface area contributed by atoms with Crippen LogP contribution in [-0.2, 0) is 7.05 Å². The van der Waals surface area contributed by atoms with E-state index >= 15 is 0 Å². The SMILES string of the molecule is CC(Nc1cccc(-c2nncn2C)c1)c1ccsc1. The molecule has 0 bridgehead atoms. The van der Waals surface area contributed by atoms with Gasteiger partial charge in [-0.05, 0) is 41.4 Å². The second-order valence-electron chi connectivity index (χ2n) is 4.77. The summed E-state index contributed by atoms with van der Waals surface area (Å²) >= 11 is 1.72. The van der Waals surface area contributed by atoms with Crippen LogP contribution in [0.5, 0.6) is 0 Å². The minimum Gasteiger partial charge on any atom is -0.378 e. The first-order chi connectivity index (χ1) is 9.74. The average Bonchev–Trinajstić information content (AvgIpc) is 3.10. The van der Waals surface area contributed by atoms with E-state index in [9.17, 15) is 0 Å². The van der Waals surface area contributed by atoms with Crippen molar-refractivity contribution in [2.75, 3.05) is 5.32 Å². The molecule has 102 valence electrons. The molecule has 0 saturated carbocycles. The first-order valence-corrected chi connectivity index (χ1v) is 7.41. The first-order valence-electron chi connectivity index (χ1n) is 6.47. The van der Waals surface area contributed by atoms with Crippen LogP contribution in [0.25, 0.3) is 11.4 Å². The molecule has 0 aliphatic carbocycles. The predicted molar refractivity (Wildman–Crippen MR) is 82.8 cm³/mol. The molecule has 2 heterocycles. The summed E-state index contributed by atoms with van der Waals surface area (Å²) in [4.78, 5) is 0. The molecule has 0 aliphatic rings. The molecule has 1 N–H and O–H groups in total. The first kappa shape index (κ1) is 12.9. The van der Waals surface area contributed by atoms with Crippen molar-refractivity contribution in [2.45, 2.75) is 13.0 Å². The van der Waals surface area contributed by atoms with E-state index in [0.717, 1.165) is 17.1 Å². The number of rotatable bonds is 4. The lowest BCUT2D eigenvalue weighted by Crippen LogP contribution is -2.05. The van der Waals surface area contributed by atoms with Gasteiger partial charge >= 0.3 is 0 Å². The number of nitrogens with one attached hydrogen (secondary N) is 1. The van der Waals surface area contributed by atoms with Gasteiger partial charge in [0, 0.05) is 24.3 Å². The molecule has 2 aromatic heterocycles. The fourth-order valence-corrected chi connectivity index (χ4v) is 2.90. The molecule has 3 rings (SSSR count). The lowest BCUT2D eigenvalue weighted by molar-refractivity contribution is 0.890. The van der Waals surface area contributed by atoms with E-state index in [1.165, 1.54) is 5.56 Å². The highest BCUT2D eigenvalue weighted by Gasteiger charge is 2.08. The molecule has 20 heavy (non-hydrogen) atoms. The van der Waals surface area contributed by atoms with E-state index in [4.69, 9.17) is 0 Å². The van der Waals surface area contributed by atoms with E-state index in [-0.39, 0.29) is 6.04 Å². The average molecular weight is 284 g/mol. The van der Waals surface area contributed by atoms with E-state index in [1.54, 1.807) is 17.7 Å².